The van der Waals surface area contributed by atoms with Crippen LogP contribution < -0.4 is 5.32 Å². The van der Waals surface area contributed by atoms with Gasteiger partial charge in [-0.15, -0.1) is 0 Å². The first kappa shape index (κ1) is 11.2. The molecule has 3 nitrogen and oxygen atoms in total. The Morgan fingerprint density at radius 2 is 2.38 bits per heavy atom. The minimum absolute atomic E-state index is 0.0193. The van der Waals surface area contributed by atoms with Crippen molar-refractivity contribution in [1.82, 2.24) is 10.2 Å². The topological polar surface area (TPSA) is 32.3 Å². The van der Waals surface area contributed by atoms with Crippen LogP contribution in [-0.2, 0) is 0 Å². The van der Waals surface area contributed by atoms with E-state index in [1.54, 1.807) is 12.1 Å². The van der Waals surface area contributed by atoms with Crippen LogP contribution >= 0.6 is 0 Å². The Bertz CT molecular complexity index is 394. The van der Waals surface area contributed by atoms with Crippen molar-refractivity contribution in [2.24, 2.45) is 0 Å². The molecule has 0 saturated carbocycles. The molecule has 1 aliphatic rings. The van der Waals surface area contributed by atoms with Crippen LogP contribution in [0.1, 0.15) is 10.4 Å². The summed E-state index contributed by atoms with van der Waals surface area (Å²) < 4.78 is 13.0. The zero-order valence-electron chi connectivity index (χ0n) is 9.24. The molecule has 1 saturated heterocycles. The van der Waals surface area contributed by atoms with Crippen LogP contribution in [0.2, 0.25) is 0 Å². The summed E-state index contributed by atoms with van der Waals surface area (Å²) in [6, 6.07) is 5.69. The zero-order chi connectivity index (χ0) is 11.5. The lowest BCUT2D eigenvalue weighted by atomic mass is 10.0. The van der Waals surface area contributed by atoms with Crippen LogP contribution in [0.15, 0.2) is 24.3 Å². The van der Waals surface area contributed by atoms with Crippen molar-refractivity contribution in [2.75, 3.05) is 26.7 Å². The summed E-state index contributed by atoms with van der Waals surface area (Å²) in [5.74, 6) is -0.383. The fraction of sp³-hybridized carbons (Fsp3) is 0.417. The third kappa shape index (κ3) is 2.28. The number of hydrogen-bond donors (Lipinski definition) is 1. The summed E-state index contributed by atoms with van der Waals surface area (Å²) in [4.78, 5) is 14.1. The van der Waals surface area contributed by atoms with Crippen molar-refractivity contribution in [2.45, 2.75) is 6.04 Å². The molecular weight excluding hydrogens is 207 g/mol. The number of ketones is 1. The van der Waals surface area contributed by atoms with Crippen molar-refractivity contribution in [3.63, 3.8) is 0 Å². The van der Waals surface area contributed by atoms with Gasteiger partial charge in [0, 0.05) is 25.2 Å². The molecule has 1 aromatic carbocycles. The first-order chi connectivity index (χ1) is 7.68. The van der Waals surface area contributed by atoms with Gasteiger partial charge in [-0.3, -0.25) is 9.69 Å². The maximum atomic E-state index is 13.0. The average Bonchev–Trinajstić information content (AvgIpc) is 2.29. The molecule has 0 spiro atoms. The average molecular weight is 222 g/mol. The molecule has 1 aliphatic heterocycles. The molecule has 16 heavy (non-hydrogen) atoms. The van der Waals surface area contributed by atoms with E-state index in [1.807, 2.05) is 11.9 Å². The Morgan fingerprint density at radius 3 is 3.06 bits per heavy atom. The van der Waals surface area contributed by atoms with Crippen LogP contribution in [0.4, 0.5) is 4.39 Å². The number of piperazine rings is 1. The Kier molecular flexibility index (Phi) is 3.31. The number of rotatable bonds is 2. The SMILES string of the molecule is CN1CCNCC1C(=O)c1cccc(F)c1. The maximum Gasteiger partial charge on any atom is 0.181 e. The van der Waals surface area contributed by atoms with Crippen LogP contribution in [-0.4, -0.2) is 43.4 Å². The van der Waals surface area contributed by atoms with E-state index in [0.717, 1.165) is 13.1 Å². The van der Waals surface area contributed by atoms with Crippen LogP contribution in [0.25, 0.3) is 0 Å². The molecule has 0 aromatic heterocycles. The molecule has 0 radical (unpaired) electrons. The number of carbonyl (C=O) groups excluding carboxylic acids is 1. The van der Waals surface area contributed by atoms with E-state index in [2.05, 4.69) is 5.32 Å². The Labute approximate surface area is 94.3 Å². The fourth-order valence-corrected chi connectivity index (χ4v) is 1.93. The van der Waals surface area contributed by atoms with Gasteiger partial charge in [-0.05, 0) is 19.2 Å². The fourth-order valence-electron chi connectivity index (χ4n) is 1.93. The predicted octanol–water partition coefficient (Wildman–Crippen LogP) is 0.912. The summed E-state index contributed by atoms with van der Waals surface area (Å²) in [5.41, 5.74) is 0.445. The molecular formula is C12H15FN2O. The number of hydrogen-bond acceptors (Lipinski definition) is 3. The van der Waals surface area contributed by atoms with E-state index >= 15 is 0 Å². The van der Waals surface area contributed by atoms with Gasteiger partial charge in [-0.2, -0.15) is 0 Å². The minimum Gasteiger partial charge on any atom is -0.313 e. The normalized spacial score (nSPS) is 22.0. The van der Waals surface area contributed by atoms with Crippen molar-refractivity contribution < 1.29 is 9.18 Å². The molecule has 4 heteroatoms. The molecule has 0 bridgehead atoms. The monoisotopic (exact) mass is 222 g/mol. The van der Waals surface area contributed by atoms with Crippen molar-refractivity contribution >= 4 is 5.78 Å². The van der Waals surface area contributed by atoms with E-state index in [-0.39, 0.29) is 17.6 Å². The number of benzene rings is 1. The van der Waals surface area contributed by atoms with Crippen molar-refractivity contribution in [1.29, 1.82) is 0 Å². The van der Waals surface area contributed by atoms with Gasteiger partial charge < -0.3 is 5.32 Å². The third-order valence-electron chi connectivity index (χ3n) is 2.92. The molecule has 0 amide bonds. The second-order valence-corrected chi connectivity index (χ2v) is 4.08. The molecule has 1 heterocycles. The van der Waals surface area contributed by atoms with E-state index in [1.165, 1.54) is 12.1 Å². The number of Topliss-reactive ketones (excluding diaryl/α,β-unsaturated/α-hetero) is 1. The van der Waals surface area contributed by atoms with E-state index in [0.29, 0.717) is 12.1 Å². The van der Waals surface area contributed by atoms with Crippen molar-refractivity contribution in [3.8, 4) is 0 Å². The van der Waals surface area contributed by atoms with Crippen molar-refractivity contribution in [3.05, 3.63) is 35.6 Å². The molecule has 1 N–H and O–H groups in total. The Balaban J connectivity index is 2.17. The summed E-state index contributed by atoms with van der Waals surface area (Å²) >= 11 is 0. The van der Waals surface area contributed by atoms with Gasteiger partial charge in [0.1, 0.15) is 5.82 Å². The van der Waals surface area contributed by atoms with E-state index in [4.69, 9.17) is 0 Å². The highest BCUT2D eigenvalue weighted by molar-refractivity contribution is 6.00. The smallest absolute Gasteiger partial charge is 0.181 e. The van der Waals surface area contributed by atoms with E-state index in [9.17, 15) is 9.18 Å². The highest BCUT2D eigenvalue weighted by atomic mass is 19.1. The molecule has 1 aromatic rings. The minimum atomic E-state index is -0.364. The number of likely N-dealkylation sites (N-methyl/N-ethyl adjacent to an activating group) is 1. The molecule has 1 fully saturated rings. The van der Waals surface area contributed by atoms with E-state index < -0.39 is 0 Å². The summed E-state index contributed by atoms with van der Waals surface area (Å²) in [6.07, 6.45) is 0. The molecule has 1 unspecified atom stereocenters. The number of halogens is 1. The van der Waals surface area contributed by atoms with Crippen LogP contribution in [0.3, 0.4) is 0 Å². The standard InChI is InChI=1S/C12H15FN2O/c1-15-6-5-14-8-11(15)12(16)9-3-2-4-10(13)7-9/h2-4,7,11,14H,5-6,8H2,1H3. The quantitative estimate of drug-likeness (QED) is 0.755. The molecule has 1 atom stereocenters. The highest BCUT2D eigenvalue weighted by Crippen LogP contribution is 2.11. The van der Waals surface area contributed by atoms with Crippen LogP contribution in [0.5, 0.6) is 0 Å². The van der Waals surface area contributed by atoms with Gasteiger partial charge in [-0.25, -0.2) is 4.39 Å². The molecule has 2 rings (SSSR count). The Hall–Kier alpha value is -1.26. The first-order valence-corrected chi connectivity index (χ1v) is 5.39. The highest BCUT2D eigenvalue weighted by Gasteiger charge is 2.26. The second kappa shape index (κ2) is 4.72. The first-order valence-electron chi connectivity index (χ1n) is 5.39. The van der Waals surface area contributed by atoms with Gasteiger partial charge in [0.25, 0.3) is 0 Å². The van der Waals surface area contributed by atoms with Gasteiger partial charge >= 0.3 is 0 Å². The van der Waals surface area contributed by atoms with Gasteiger partial charge in [0.15, 0.2) is 5.78 Å². The lowest BCUT2D eigenvalue weighted by molar-refractivity contribution is 0.0819. The van der Waals surface area contributed by atoms with Gasteiger partial charge in [0.2, 0.25) is 0 Å². The van der Waals surface area contributed by atoms with Gasteiger partial charge in [-0.1, -0.05) is 12.1 Å². The second-order valence-electron chi connectivity index (χ2n) is 4.08. The number of nitrogens with zero attached hydrogens (tertiary/aromatic N) is 1. The third-order valence-corrected chi connectivity index (χ3v) is 2.92. The molecule has 0 aliphatic carbocycles. The lowest BCUT2D eigenvalue weighted by Gasteiger charge is -2.31. The predicted molar refractivity (Wildman–Crippen MR) is 60.0 cm³/mol. The Morgan fingerprint density at radius 1 is 1.56 bits per heavy atom. The maximum absolute atomic E-state index is 13.0. The zero-order valence-corrected chi connectivity index (χ0v) is 9.24. The summed E-state index contributed by atoms with van der Waals surface area (Å²) in [5, 5.41) is 3.17. The molecule has 86 valence electrons. The summed E-state index contributed by atoms with van der Waals surface area (Å²) in [7, 11) is 1.92. The largest absolute Gasteiger partial charge is 0.313 e. The lowest BCUT2D eigenvalue weighted by Crippen LogP contribution is -2.53. The van der Waals surface area contributed by atoms with Crippen LogP contribution in [0, 0.1) is 5.82 Å². The van der Waals surface area contributed by atoms with Gasteiger partial charge in [0.05, 0.1) is 6.04 Å². The number of carbonyl (C=O) groups is 1. The number of nitrogens with one attached hydrogen (secondary N) is 1. The summed E-state index contributed by atoms with van der Waals surface area (Å²) in [6.45, 7) is 2.36.